The molecule has 3 nitrogen and oxygen atoms in total. The normalized spacial score (nSPS) is 15.0. The highest BCUT2D eigenvalue weighted by molar-refractivity contribution is 5.62. The molecule has 0 aliphatic heterocycles. The zero-order valence-electron chi connectivity index (χ0n) is 10.4. The van der Waals surface area contributed by atoms with Crippen molar-refractivity contribution in [2.75, 3.05) is 0 Å². The maximum Gasteiger partial charge on any atom is 0.127 e. The molecular weight excluding hydrogens is 229 g/mol. The van der Waals surface area contributed by atoms with Crippen LogP contribution in [0, 0.1) is 5.82 Å². The number of hydrogen-bond acceptors (Lipinski definition) is 2. The molecule has 0 unspecified atom stereocenters. The number of hydrogen-bond donors (Lipinski definition) is 1. The van der Waals surface area contributed by atoms with Gasteiger partial charge in [0.05, 0.1) is 6.20 Å². The van der Waals surface area contributed by atoms with Crippen LogP contribution in [-0.4, -0.2) is 15.8 Å². The highest BCUT2D eigenvalue weighted by Crippen LogP contribution is 2.23. The molecule has 2 aromatic rings. The van der Waals surface area contributed by atoms with E-state index in [4.69, 9.17) is 0 Å². The van der Waals surface area contributed by atoms with Crippen LogP contribution in [0.3, 0.4) is 0 Å². The van der Waals surface area contributed by atoms with E-state index >= 15 is 0 Å². The molecule has 1 heterocycles. The van der Waals surface area contributed by atoms with Crippen molar-refractivity contribution in [3.63, 3.8) is 0 Å². The van der Waals surface area contributed by atoms with E-state index in [1.165, 1.54) is 18.9 Å². The van der Waals surface area contributed by atoms with E-state index in [1.807, 2.05) is 19.3 Å². The lowest BCUT2D eigenvalue weighted by Gasteiger charge is -2.06. The Morgan fingerprint density at radius 3 is 2.89 bits per heavy atom. The van der Waals surface area contributed by atoms with Gasteiger partial charge >= 0.3 is 0 Å². The Balaban J connectivity index is 1.84. The summed E-state index contributed by atoms with van der Waals surface area (Å²) < 4.78 is 15.5. The zero-order chi connectivity index (χ0) is 12.5. The first-order valence-corrected chi connectivity index (χ1v) is 6.23. The van der Waals surface area contributed by atoms with E-state index < -0.39 is 0 Å². The summed E-state index contributed by atoms with van der Waals surface area (Å²) in [6.07, 6.45) is 6.16. The molecule has 1 saturated carbocycles. The third-order valence-corrected chi connectivity index (χ3v) is 3.24. The van der Waals surface area contributed by atoms with Crippen LogP contribution in [0.5, 0.6) is 0 Å². The first kappa shape index (κ1) is 11.4. The van der Waals surface area contributed by atoms with Gasteiger partial charge in [0.15, 0.2) is 0 Å². The van der Waals surface area contributed by atoms with E-state index in [0.717, 1.165) is 16.7 Å². The van der Waals surface area contributed by atoms with Crippen molar-refractivity contribution in [2.24, 2.45) is 7.05 Å². The van der Waals surface area contributed by atoms with Gasteiger partial charge in [-0.1, -0.05) is 6.07 Å². The summed E-state index contributed by atoms with van der Waals surface area (Å²) >= 11 is 0. The number of aromatic nitrogens is 2. The predicted octanol–water partition coefficient (Wildman–Crippen LogP) is 2.48. The number of halogens is 1. The van der Waals surface area contributed by atoms with Crippen LogP contribution in [0.15, 0.2) is 30.6 Å². The van der Waals surface area contributed by atoms with Gasteiger partial charge in [0.1, 0.15) is 5.82 Å². The third-order valence-electron chi connectivity index (χ3n) is 3.24. The second-order valence-corrected chi connectivity index (χ2v) is 4.86. The summed E-state index contributed by atoms with van der Waals surface area (Å²) in [7, 11) is 1.88. The summed E-state index contributed by atoms with van der Waals surface area (Å²) in [4.78, 5) is 0. The molecule has 3 rings (SSSR count). The minimum atomic E-state index is -0.143. The summed E-state index contributed by atoms with van der Waals surface area (Å²) in [6.45, 7) is 0.602. The number of aryl methyl sites for hydroxylation is 1. The van der Waals surface area contributed by atoms with Gasteiger partial charge in [0.2, 0.25) is 0 Å². The molecule has 0 bridgehead atoms. The van der Waals surface area contributed by atoms with Gasteiger partial charge in [-0.05, 0) is 30.5 Å². The second-order valence-electron chi connectivity index (χ2n) is 4.86. The van der Waals surface area contributed by atoms with Gasteiger partial charge in [0.25, 0.3) is 0 Å². The highest BCUT2D eigenvalue weighted by Gasteiger charge is 2.20. The standard InChI is InChI=1S/C14H16FN3/c1-18-9-12(8-17-18)10-2-5-14(15)11(6-10)7-16-13-3-4-13/h2,5-6,8-9,13,16H,3-4,7H2,1H3. The molecule has 0 saturated heterocycles. The Hall–Kier alpha value is -1.68. The van der Waals surface area contributed by atoms with Crippen molar-refractivity contribution in [3.8, 4) is 11.1 Å². The molecule has 1 fully saturated rings. The van der Waals surface area contributed by atoms with Gasteiger partial charge in [-0.3, -0.25) is 4.68 Å². The van der Waals surface area contributed by atoms with E-state index in [1.54, 1.807) is 16.9 Å². The molecular formula is C14H16FN3. The highest BCUT2D eigenvalue weighted by atomic mass is 19.1. The topological polar surface area (TPSA) is 29.9 Å². The van der Waals surface area contributed by atoms with Crippen molar-refractivity contribution in [1.29, 1.82) is 0 Å². The number of benzene rings is 1. The fourth-order valence-corrected chi connectivity index (χ4v) is 2.00. The Morgan fingerprint density at radius 1 is 1.39 bits per heavy atom. The zero-order valence-corrected chi connectivity index (χ0v) is 10.4. The summed E-state index contributed by atoms with van der Waals surface area (Å²) in [6, 6.07) is 5.83. The minimum Gasteiger partial charge on any atom is -0.310 e. The van der Waals surface area contributed by atoms with Crippen LogP contribution in [0.1, 0.15) is 18.4 Å². The Kier molecular flexibility index (Phi) is 2.88. The molecule has 1 aromatic heterocycles. The number of nitrogens with one attached hydrogen (secondary N) is 1. The van der Waals surface area contributed by atoms with Crippen molar-refractivity contribution in [3.05, 3.63) is 42.0 Å². The van der Waals surface area contributed by atoms with Crippen molar-refractivity contribution >= 4 is 0 Å². The van der Waals surface area contributed by atoms with Crippen LogP contribution in [-0.2, 0) is 13.6 Å². The average Bonchev–Trinajstić information content (AvgIpc) is 3.09. The maximum atomic E-state index is 13.7. The molecule has 0 atom stereocenters. The van der Waals surface area contributed by atoms with Gasteiger partial charge in [0, 0.05) is 37.0 Å². The predicted molar refractivity (Wildman–Crippen MR) is 68.5 cm³/mol. The van der Waals surface area contributed by atoms with Crippen LogP contribution in [0.4, 0.5) is 4.39 Å². The van der Waals surface area contributed by atoms with Gasteiger partial charge in [-0.2, -0.15) is 5.10 Å². The van der Waals surface area contributed by atoms with E-state index in [9.17, 15) is 4.39 Å². The lowest BCUT2D eigenvalue weighted by atomic mass is 10.1. The van der Waals surface area contributed by atoms with Crippen molar-refractivity contribution < 1.29 is 4.39 Å². The lowest BCUT2D eigenvalue weighted by molar-refractivity contribution is 0.587. The fraction of sp³-hybridized carbons (Fsp3) is 0.357. The van der Waals surface area contributed by atoms with Crippen molar-refractivity contribution in [1.82, 2.24) is 15.1 Å². The summed E-state index contributed by atoms with van der Waals surface area (Å²) in [5.41, 5.74) is 2.76. The van der Waals surface area contributed by atoms with E-state index in [-0.39, 0.29) is 5.82 Å². The molecule has 1 aromatic carbocycles. The van der Waals surface area contributed by atoms with Crippen LogP contribution < -0.4 is 5.32 Å². The second kappa shape index (κ2) is 4.53. The molecule has 0 radical (unpaired) electrons. The lowest BCUT2D eigenvalue weighted by Crippen LogP contribution is -2.16. The van der Waals surface area contributed by atoms with Crippen LogP contribution in [0.2, 0.25) is 0 Å². The van der Waals surface area contributed by atoms with Crippen LogP contribution >= 0.6 is 0 Å². The molecule has 4 heteroatoms. The smallest absolute Gasteiger partial charge is 0.127 e. The number of nitrogens with zero attached hydrogens (tertiary/aromatic N) is 2. The third kappa shape index (κ3) is 2.43. The monoisotopic (exact) mass is 245 g/mol. The van der Waals surface area contributed by atoms with Crippen LogP contribution in [0.25, 0.3) is 11.1 Å². The number of rotatable bonds is 4. The average molecular weight is 245 g/mol. The largest absolute Gasteiger partial charge is 0.310 e. The Bertz CT molecular complexity index is 558. The Labute approximate surface area is 106 Å². The van der Waals surface area contributed by atoms with Gasteiger partial charge < -0.3 is 5.32 Å². The minimum absolute atomic E-state index is 0.143. The molecule has 1 aliphatic rings. The van der Waals surface area contributed by atoms with Gasteiger partial charge in [-0.25, -0.2) is 4.39 Å². The van der Waals surface area contributed by atoms with E-state index in [2.05, 4.69) is 10.4 Å². The summed E-state index contributed by atoms with van der Waals surface area (Å²) in [5.74, 6) is -0.143. The van der Waals surface area contributed by atoms with E-state index in [0.29, 0.717) is 12.6 Å². The Morgan fingerprint density at radius 2 is 2.22 bits per heavy atom. The molecule has 0 spiro atoms. The maximum absolute atomic E-state index is 13.7. The molecule has 94 valence electrons. The molecule has 1 N–H and O–H groups in total. The molecule has 1 aliphatic carbocycles. The quantitative estimate of drug-likeness (QED) is 0.896. The van der Waals surface area contributed by atoms with Gasteiger partial charge in [-0.15, -0.1) is 0 Å². The first-order valence-electron chi connectivity index (χ1n) is 6.23. The molecule has 0 amide bonds. The summed E-state index contributed by atoms with van der Waals surface area (Å²) in [5, 5.41) is 7.47. The fourth-order valence-electron chi connectivity index (χ4n) is 2.00. The first-order chi connectivity index (χ1) is 8.72. The molecule has 18 heavy (non-hydrogen) atoms. The SMILES string of the molecule is Cn1cc(-c2ccc(F)c(CNC3CC3)c2)cn1. The van der Waals surface area contributed by atoms with Crippen molar-refractivity contribution in [2.45, 2.75) is 25.4 Å².